The van der Waals surface area contributed by atoms with Gasteiger partial charge in [0.05, 0.1) is 37.5 Å². The normalized spacial score (nSPS) is 17.7. The van der Waals surface area contributed by atoms with Crippen molar-refractivity contribution < 1.29 is 14.3 Å². The highest BCUT2D eigenvalue weighted by Gasteiger charge is 2.27. The largest absolute Gasteiger partial charge is 0.481 e. The molecule has 0 saturated carbocycles. The molecule has 1 N–H and O–H groups in total. The minimum atomic E-state index is -0.325. The predicted octanol–water partition coefficient (Wildman–Crippen LogP) is 2.20. The molecule has 4 rings (SSSR count). The Morgan fingerprint density at radius 3 is 3.08 bits per heavy atom. The number of rotatable bonds is 5. The number of likely N-dealkylation sites (tertiary alicyclic amines) is 1. The standard InChI is InChI=1S/C17H19N5O3S/c1-24-14-4-3-11-15(21-14)20-13(19-11)9-22-6-5-10(8-22)16-18-7-12(26-16)17(23)25-2/h3-4,7,10H,5-6,8-9H2,1-2H3,(H,19,20,21). The molecule has 0 radical (unpaired) electrons. The summed E-state index contributed by atoms with van der Waals surface area (Å²) in [6, 6.07) is 3.74. The highest BCUT2D eigenvalue weighted by Crippen LogP contribution is 2.31. The van der Waals surface area contributed by atoms with Crippen molar-refractivity contribution in [2.45, 2.75) is 18.9 Å². The van der Waals surface area contributed by atoms with Gasteiger partial charge in [-0.2, -0.15) is 4.98 Å². The summed E-state index contributed by atoms with van der Waals surface area (Å²) in [5.41, 5.74) is 1.57. The molecule has 1 aliphatic rings. The van der Waals surface area contributed by atoms with Crippen LogP contribution in [0.15, 0.2) is 18.3 Å². The Morgan fingerprint density at radius 1 is 1.38 bits per heavy atom. The van der Waals surface area contributed by atoms with Gasteiger partial charge in [0, 0.05) is 18.5 Å². The summed E-state index contributed by atoms with van der Waals surface area (Å²) in [4.78, 5) is 31.1. The summed E-state index contributed by atoms with van der Waals surface area (Å²) in [7, 11) is 2.98. The van der Waals surface area contributed by atoms with Gasteiger partial charge in [-0.15, -0.1) is 11.3 Å². The maximum atomic E-state index is 11.6. The molecule has 1 aliphatic heterocycles. The second-order valence-electron chi connectivity index (χ2n) is 6.18. The fourth-order valence-electron chi connectivity index (χ4n) is 3.17. The van der Waals surface area contributed by atoms with Crippen molar-refractivity contribution in [2.75, 3.05) is 27.3 Å². The molecule has 0 amide bonds. The number of pyridine rings is 1. The summed E-state index contributed by atoms with van der Waals surface area (Å²) in [5.74, 6) is 1.45. The molecular formula is C17H19N5O3S. The van der Waals surface area contributed by atoms with Gasteiger partial charge in [0.15, 0.2) is 5.65 Å². The van der Waals surface area contributed by atoms with E-state index in [2.05, 4.69) is 24.8 Å². The molecule has 136 valence electrons. The number of thiazole rings is 1. The zero-order valence-electron chi connectivity index (χ0n) is 14.6. The molecule has 1 unspecified atom stereocenters. The van der Waals surface area contributed by atoms with Crippen molar-refractivity contribution in [3.8, 4) is 5.88 Å². The van der Waals surface area contributed by atoms with Gasteiger partial charge in [0.2, 0.25) is 5.88 Å². The van der Waals surface area contributed by atoms with Crippen LogP contribution in [-0.4, -0.2) is 58.1 Å². The Kier molecular flexibility index (Phi) is 4.56. The highest BCUT2D eigenvalue weighted by atomic mass is 32.1. The first-order chi connectivity index (χ1) is 12.7. The van der Waals surface area contributed by atoms with Gasteiger partial charge in [-0.1, -0.05) is 0 Å². The third-order valence-electron chi connectivity index (χ3n) is 4.48. The average molecular weight is 373 g/mol. The van der Waals surface area contributed by atoms with Gasteiger partial charge < -0.3 is 14.5 Å². The molecule has 4 heterocycles. The van der Waals surface area contributed by atoms with Gasteiger partial charge >= 0.3 is 5.97 Å². The summed E-state index contributed by atoms with van der Waals surface area (Å²) < 4.78 is 9.89. The van der Waals surface area contributed by atoms with Crippen molar-refractivity contribution in [2.24, 2.45) is 0 Å². The molecule has 0 spiro atoms. The minimum absolute atomic E-state index is 0.325. The maximum Gasteiger partial charge on any atom is 0.349 e. The van der Waals surface area contributed by atoms with E-state index in [9.17, 15) is 4.79 Å². The van der Waals surface area contributed by atoms with Crippen molar-refractivity contribution in [3.05, 3.63) is 34.0 Å². The van der Waals surface area contributed by atoms with Crippen LogP contribution in [0, 0.1) is 0 Å². The molecule has 26 heavy (non-hydrogen) atoms. The smallest absolute Gasteiger partial charge is 0.349 e. The van der Waals surface area contributed by atoms with Crippen LogP contribution < -0.4 is 4.74 Å². The number of carbonyl (C=O) groups is 1. The Labute approximate surface area is 154 Å². The highest BCUT2D eigenvalue weighted by molar-refractivity contribution is 7.13. The fraction of sp³-hybridized carbons (Fsp3) is 0.412. The number of nitrogens with zero attached hydrogens (tertiary/aromatic N) is 4. The molecule has 1 fully saturated rings. The molecule has 0 bridgehead atoms. The number of hydrogen-bond acceptors (Lipinski definition) is 8. The number of methoxy groups -OCH3 is 2. The Bertz CT molecular complexity index is 938. The minimum Gasteiger partial charge on any atom is -0.481 e. The molecule has 8 nitrogen and oxygen atoms in total. The Balaban J connectivity index is 1.42. The number of imidazole rings is 1. The monoisotopic (exact) mass is 373 g/mol. The molecule has 0 aromatic carbocycles. The number of carbonyl (C=O) groups excluding carboxylic acids is 1. The second kappa shape index (κ2) is 7.00. The average Bonchev–Trinajstić information content (AvgIpc) is 3.39. The number of esters is 1. The van der Waals surface area contributed by atoms with E-state index in [4.69, 9.17) is 9.47 Å². The van der Waals surface area contributed by atoms with Crippen LogP contribution in [0.1, 0.15) is 32.8 Å². The lowest BCUT2D eigenvalue weighted by molar-refractivity contribution is 0.0606. The quantitative estimate of drug-likeness (QED) is 0.685. The van der Waals surface area contributed by atoms with Crippen molar-refractivity contribution in [1.29, 1.82) is 0 Å². The van der Waals surface area contributed by atoms with E-state index in [0.29, 0.717) is 22.3 Å². The molecule has 3 aromatic rings. The summed E-state index contributed by atoms with van der Waals surface area (Å²) >= 11 is 1.42. The molecule has 1 atom stereocenters. The number of H-pyrrole nitrogens is 1. The molecule has 3 aromatic heterocycles. The van der Waals surface area contributed by atoms with Crippen LogP contribution in [0.5, 0.6) is 5.88 Å². The van der Waals surface area contributed by atoms with Crippen LogP contribution >= 0.6 is 11.3 Å². The Morgan fingerprint density at radius 2 is 2.27 bits per heavy atom. The lowest BCUT2D eigenvalue weighted by Gasteiger charge is -2.13. The molecule has 0 aliphatic carbocycles. The van der Waals surface area contributed by atoms with Gasteiger partial charge in [-0.25, -0.2) is 14.8 Å². The van der Waals surface area contributed by atoms with Gasteiger partial charge in [0.1, 0.15) is 10.7 Å². The van der Waals surface area contributed by atoms with E-state index in [1.165, 1.54) is 18.4 Å². The zero-order chi connectivity index (χ0) is 18.1. The van der Waals surface area contributed by atoms with Gasteiger partial charge in [-0.3, -0.25) is 4.90 Å². The van der Waals surface area contributed by atoms with Crippen molar-refractivity contribution in [3.63, 3.8) is 0 Å². The van der Waals surface area contributed by atoms with E-state index in [1.807, 2.05) is 12.1 Å². The van der Waals surface area contributed by atoms with E-state index in [0.717, 1.165) is 42.4 Å². The van der Waals surface area contributed by atoms with Crippen molar-refractivity contribution in [1.82, 2.24) is 24.8 Å². The zero-order valence-corrected chi connectivity index (χ0v) is 15.4. The van der Waals surface area contributed by atoms with E-state index < -0.39 is 0 Å². The maximum absolute atomic E-state index is 11.6. The summed E-state index contributed by atoms with van der Waals surface area (Å²) in [5, 5.41) is 0.990. The first kappa shape index (κ1) is 16.9. The van der Waals surface area contributed by atoms with Gasteiger partial charge in [0.25, 0.3) is 0 Å². The van der Waals surface area contributed by atoms with E-state index >= 15 is 0 Å². The van der Waals surface area contributed by atoms with Crippen molar-refractivity contribution >= 4 is 28.5 Å². The van der Waals surface area contributed by atoms with Crippen LogP contribution in [0.3, 0.4) is 0 Å². The lowest BCUT2D eigenvalue weighted by Crippen LogP contribution is -2.20. The molecule has 1 saturated heterocycles. The predicted molar refractivity (Wildman–Crippen MR) is 96.5 cm³/mol. The van der Waals surface area contributed by atoms with E-state index in [-0.39, 0.29) is 5.97 Å². The first-order valence-electron chi connectivity index (χ1n) is 8.32. The summed E-state index contributed by atoms with van der Waals surface area (Å²) in [6.07, 6.45) is 2.62. The topological polar surface area (TPSA) is 93.2 Å². The third kappa shape index (κ3) is 3.27. The van der Waals surface area contributed by atoms with Crippen LogP contribution in [0.4, 0.5) is 0 Å². The SMILES string of the molecule is COC(=O)c1cnc(C2CCN(Cc3nc4nc(OC)ccc4[nH]3)C2)s1. The number of aromatic nitrogens is 4. The lowest BCUT2D eigenvalue weighted by atomic mass is 10.1. The van der Waals surface area contributed by atoms with Crippen LogP contribution in [0.2, 0.25) is 0 Å². The Hall–Kier alpha value is -2.52. The summed E-state index contributed by atoms with van der Waals surface area (Å²) in [6.45, 7) is 2.58. The van der Waals surface area contributed by atoms with E-state index in [1.54, 1.807) is 13.3 Å². The van der Waals surface area contributed by atoms with Crippen LogP contribution in [-0.2, 0) is 11.3 Å². The number of ether oxygens (including phenoxy) is 2. The fourth-order valence-corrected chi connectivity index (χ4v) is 4.14. The number of hydrogen-bond donors (Lipinski definition) is 1. The number of aromatic amines is 1. The molecule has 9 heteroatoms. The first-order valence-corrected chi connectivity index (χ1v) is 9.14. The van der Waals surface area contributed by atoms with Gasteiger partial charge in [-0.05, 0) is 19.0 Å². The van der Waals surface area contributed by atoms with Crippen LogP contribution in [0.25, 0.3) is 11.2 Å². The third-order valence-corrected chi connectivity index (χ3v) is 5.62. The molecular weight excluding hydrogens is 354 g/mol. The number of nitrogens with one attached hydrogen (secondary N) is 1. The second-order valence-corrected chi connectivity index (χ2v) is 7.25. The number of fused-ring (bicyclic) bond motifs is 1.